The lowest BCUT2D eigenvalue weighted by atomic mass is 10.1. The van der Waals surface area contributed by atoms with E-state index in [1.807, 2.05) is 52.5 Å². The molecule has 0 bridgehead atoms. The molecule has 0 aromatic rings. The van der Waals surface area contributed by atoms with Gasteiger partial charge in [-0.1, -0.05) is 45.4 Å². The fourth-order valence-corrected chi connectivity index (χ4v) is 3.72. The van der Waals surface area contributed by atoms with Gasteiger partial charge in [0.15, 0.2) is 6.29 Å². The van der Waals surface area contributed by atoms with Crippen molar-refractivity contribution >= 4 is 18.5 Å². The molecule has 10 nitrogen and oxygen atoms in total. The number of nitrogens with two attached hydrogens (primary N) is 1. The molecule has 3 N–H and O–H groups in total. The van der Waals surface area contributed by atoms with E-state index in [9.17, 15) is 9.59 Å². The average Bonchev–Trinajstić information content (AvgIpc) is 3.02. The lowest BCUT2D eigenvalue weighted by Gasteiger charge is -2.32. The number of aldehydes is 1. The Balaban J connectivity index is 0. The third-order valence-electron chi connectivity index (χ3n) is 6.20. The normalized spacial score (nSPS) is 15.2. The van der Waals surface area contributed by atoms with Gasteiger partial charge in [-0.05, 0) is 51.7 Å². The number of hydrazone groups is 1. The Morgan fingerprint density at radius 2 is 1.69 bits per heavy atom. The molecule has 0 saturated carbocycles. The molecular formula is C32H60N6O4. The van der Waals surface area contributed by atoms with Crippen LogP contribution in [0.5, 0.6) is 0 Å². The highest BCUT2D eigenvalue weighted by atomic mass is 16.5. The molecule has 1 saturated heterocycles. The summed E-state index contributed by atoms with van der Waals surface area (Å²) in [5, 5.41) is 9.31. The zero-order valence-electron chi connectivity index (χ0n) is 27.9. The number of amides is 1. The molecular weight excluding hydrogens is 532 g/mol. The molecule has 10 heteroatoms. The molecule has 242 valence electrons. The van der Waals surface area contributed by atoms with Crippen LogP contribution in [0.3, 0.4) is 0 Å². The smallest absolute Gasteiger partial charge is 0.209 e. The first kappa shape index (κ1) is 41.0. The van der Waals surface area contributed by atoms with Crippen LogP contribution >= 0.6 is 0 Å². The molecule has 0 aromatic carbocycles. The highest BCUT2D eigenvalue weighted by molar-refractivity contribution is 5.81. The summed E-state index contributed by atoms with van der Waals surface area (Å²) in [6.07, 6.45) is 12.9. The maximum absolute atomic E-state index is 11.7. The molecule has 1 aliphatic heterocycles. The summed E-state index contributed by atoms with van der Waals surface area (Å²) < 4.78 is 10.2. The fraction of sp³-hybridized carbons (Fsp3) is 0.656. The molecule has 1 aliphatic rings. The van der Waals surface area contributed by atoms with Gasteiger partial charge in [-0.3, -0.25) is 19.5 Å². The number of methoxy groups -OCH3 is 1. The zero-order chi connectivity index (χ0) is 32.2. The minimum atomic E-state index is 0.461. The van der Waals surface area contributed by atoms with Gasteiger partial charge in [0.1, 0.15) is 11.5 Å². The minimum Gasteiger partial charge on any atom is -0.501 e. The number of nitrogens with one attached hydrogen (secondary N) is 1. The second kappa shape index (κ2) is 28.0. The molecule has 0 spiro atoms. The number of ether oxygens (including phenoxy) is 2. The van der Waals surface area contributed by atoms with Crippen LogP contribution in [-0.2, 0) is 19.1 Å². The van der Waals surface area contributed by atoms with E-state index in [2.05, 4.69) is 39.1 Å². The molecule has 0 unspecified atom stereocenters. The van der Waals surface area contributed by atoms with E-state index >= 15 is 0 Å². The number of amidine groups is 1. The van der Waals surface area contributed by atoms with Crippen molar-refractivity contribution in [2.45, 2.75) is 74.1 Å². The highest BCUT2D eigenvalue weighted by Crippen LogP contribution is 2.15. The van der Waals surface area contributed by atoms with E-state index in [0.29, 0.717) is 37.5 Å². The third-order valence-corrected chi connectivity index (χ3v) is 6.20. The van der Waals surface area contributed by atoms with E-state index in [4.69, 9.17) is 10.5 Å². The number of nitrogens with zero attached hydrogens (tertiary/aromatic N) is 4. The van der Waals surface area contributed by atoms with Gasteiger partial charge in [0.05, 0.1) is 12.9 Å². The molecule has 1 rings (SSSR count). The van der Waals surface area contributed by atoms with Gasteiger partial charge >= 0.3 is 0 Å². The van der Waals surface area contributed by atoms with Crippen LogP contribution in [0.1, 0.15) is 74.1 Å². The van der Waals surface area contributed by atoms with Gasteiger partial charge in [0.2, 0.25) is 6.41 Å². The van der Waals surface area contributed by atoms with Crippen LogP contribution in [-0.4, -0.2) is 100.0 Å². The Labute approximate surface area is 256 Å². The molecule has 0 radical (unpaired) electrons. The molecule has 42 heavy (non-hydrogen) atoms. The number of hydrogen-bond acceptors (Lipinski definition) is 8. The summed E-state index contributed by atoms with van der Waals surface area (Å²) in [5.74, 6) is 0.461. The third kappa shape index (κ3) is 19.1. The first-order valence-corrected chi connectivity index (χ1v) is 15.3. The van der Waals surface area contributed by atoms with Gasteiger partial charge in [-0.25, -0.2) is 0 Å². The van der Waals surface area contributed by atoms with Crippen molar-refractivity contribution < 1.29 is 19.1 Å². The molecule has 1 fully saturated rings. The average molecular weight is 593 g/mol. The molecule has 0 atom stereocenters. The van der Waals surface area contributed by atoms with Crippen molar-refractivity contribution in [2.24, 2.45) is 10.8 Å². The standard InChI is InChI=1S/C27H46N6O3.C3H8O.C2H6/c1-6-9-13-33(26(20-34)23(4)29-5)30-27(28)12-11-25(21-36-8-3)18-24(10-7-2)19-31-14-16-32(22-35)17-15-31;1-3-4-2;1-2/h7,10,18,20-22,29H,6,8-9,11-17,19H2,1-5H3,(H2,28,30);3H2,1-2H3;1-2H3/b10-7-,24-18+,25-21+,26-23-;;. The quantitative estimate of drug-likeness (QED) is 0.0449. The van der Waals surface area contributed by atoms with Crippen LogP contribution in [0.4, 0.5) is 0 Å². The summed E-state index contributed by atoms with van der Waals surface area (Å²) in [5.41, 5.74) is 9.76. The van der Waals surface area contributed by atoms with Crippen LogP contribution in [0.15, 0.2) is 52.1 Å². The second-order valence-corrected chi connectivity index (χ2v) is 9.31. The first-order chi connectivity index (χ1) is 20.3. The topological polar surface area (TPSA) is 113 Å². The Morgan fingerprint density at radius 1 is 1.05 bits per heavy atom. The van der Waals surface area contributed by atoms with Gasteiger partial charge in [0, 0.05) is 72.2 Å². The summed E-state index contributed by atoms with van der Waals surface area (Å²) >= 11 is 0. The second-order valence-electron chi connectivity index (χ2n) is 9.31. The van der Waals surface area contributed by atoms with Crippen molar-refractivity contribution in [3.05, 3.63) is 47.0 Å². The van der Waals surface area contributed by atoms with Crippen LogP contribution in [0.2, 0.25) is 0 Å². The number of rotatable bonds is 18. The van der Waals surface area contributed by atoms with E-state index < -0.39 is 0 Å². The molecule has 1 heterocycles. The number of carbonyl (C=O) groups is 2. The Kier molecular flexibility index (Phi) is 27.4. The fourth-order valence-electron chi connectivity index (χ4n) is 3.72. The summed E-state index contributed by atoms with van der Waals surface area (Å²) in [6, 6.07) is 0. The number of unbranched alkanes of at least 4 members (excludes halogenated alkanes) is 1. The number of allylic oxidation sites excluding steroid dienone is 5. The predicted octanol–water partition coefficient (Wildman–Crippen LogP) is 4.67. The monoisotopic (exact) mass is 592 g/mol. The van der Waals surface area contributed by atoms with E-state index in [1.165, 1.54) is 5.57 Å². The van der Waals surface area contributed by atoms with E-state index in [1.54, 1.807) is 25.4 Å². The molecule has 0 aliphatic carbocycles. The van der Waals surface area contributed by atoms with Gasteiger partial charge in [-0.15, -0.1) is 0 Å². The number of piperazine rings is 1. The van der Waals surface area contributed by atoms with E-state index in [-0.39, 0.29) is 0 Å². The molecule has 1 amide bonds. The van der Waals surface area contributed by atoms with Crippen molar-refractivity contribution in [1.82, 2.24) is 20.1 Å². The van der Waals surface area contributed by atoms with Gasteiger partial charge in [0.25, 0.3) is 0 Å². The first-order valence-electron chi connectivity index (χ1n) is 15.3. The lowest BCUT2D eigenvalue weighted by molar-refractivity contribution is -0.119. The largest absolute Gasteiger partial charge is 0.501 e. The van der Waals surface area contributed by atoms with E-state index in [0.717, 1.165) is 76.1 Å². The highest BCUT2D eigenvalue weighted by Gasteiger charge is 2.16. The maximum atomic E-state index is 11.7. The predicted molar refractivity (Wildman–Crippen MR) is 176 cm³/mol. The Hall–Kier alpha value is -3.11. The lowest BCUT2D eigenvalue weighted by Crippen LogP contribution is -2.46. The maximum Gasteiger partial charge on any atom is 0.209 e. The Bertz CT molecular complexity index is 857. The van der Waals surface area contributed by atoms with Crippen molar-refractivity contribution in [1.29, 1.82) is 0 Å². The summed E-state index contributed by atoms with van der Waals surface area (Å²) in [7, 11) is 3.46. The van der Waals surface area contributed by atoms with Crippen molar-refractivity contribution in [2.75, 3.05) is 66.6 Å². The summed E-state index contributed by atoms with van der Waals surface area (Å²) in [6.45, 7) is 19.9. The number of carbonyl (C=O) groups excluding carboxylic acids is 2. The van der Waals surface area contributed by atoms with Gasteiger partial charge < -0.3 is 25.4 Å². The molecule has 0 aromatic heterocycles. The van der Waals surface area contributed by atoms with Crippen LogP contribution in [0, 0.1) is 0 Å². The van der Waals surface area contributed by atoms with Gasteiger partial charge in [-0.2, -0.15) is 5.10 Å². The zero-order valence-corrected chi connectivity index (χ0v) is 27.9. The van der Waals surface area contributed by atoms with Crippen LogP contribution in [0.25, 0.3) is 0 Å². The minimum absolute atomic E-state index is 0.461. The van der Waals surface area contributed by atoms with Crippen LogP contribution < -0.4 is 11.1 Å². The number of hydrogen-bond donors (Lipinski definition) is 2. The van der Waals surface area contributed by atoms with Crippen molar-refractivity contribution in [3.63, 3.8) is 0 Å². The van der Waals surface area contributed by atoms with Crippen molar-refractivity contribution in [3.8, 4) is 0 Å². The summed E-state index contributed by atoms with van der Waals surface area (Å²) in [4.78, 5) is 26.9. The SMILES string of the molecule is CC.CCOC.C\C=C/C(=C\C(=C\OCC)CC/C(N)=N/N(CCCC)/C(C=O)=C(/C)NC)CN1CCN(C=O)CC1. The Morgan fingerprint density at radius 3 is 2.17 bits per heavy atom.